The van der Waals surface area contributed by atoms with Crippen LogP contribution < -0.4 is 16.6 Å². The minimum Gasteiger partial charge on any atom is -0.459 e. The van der Waals surface area contributed by atoms with Gasteiger partial charge in [-0.15, -0.1) is 0 Å². The molecule has 0 radical (unpaired) electrons. The number of benzene rings is 1. The third kappa shape index (κ3) is 4.23. The zero-order chi connectivity index (χ0) is 22.0. The van der Waals surface area contributed by atoms with Gasteiger partial charge in [0.25, 0.3) is 11.5 Å². The number of pyridine rings is 1. The molecule has 0 unspecified atom stereocenters. The van der Waals surface area contributed by atoms with Crippen LogP contribution >= 0.6 is 0 Å². The van der Waals surface area contributed by atoms with Crippen molar-refractivity contribution in [2.75, 3.05) is 51.7 Å². The standard InChI is InChI=1S/C23H25N5O3.H3N/c1-25(2)9-14-28-19-7-4-3-6-17(19)21(18(16-24)22(28)29)26-10-12-27(13-11-26)23(30)20-8-5-15-31-20;/h3-8,15H,9-14H2,1-2H3;1H3. The minimum absolute atomic E-state index is 0. The van der Waals surface area contributed by atoms with Gasteiger partial charge in [0, 0.05) is 44.7 Å². The minimum atomic E-state index is -0.271. The van der Waals surface area contributed by atoms with E-state index in [0.29, 0.717) is 50.7 Å². The molecule has 3 N–H and O–H groups in total. The van der Waals surface area contributed by atoms with Crippen LogP contribution in [-0.2, 0) is 6.54 Å². The summed E-state index contributed by atoms with van der Waals surface area (Å²) in [4.78, 5) is 31.6. The maximum atomic E-state index is 13.2. The van der Waals surface area contributed by atoms with E-state index in [1.807, 2.05) is 48.2 Å². The maximum absolute atomic E-state index is 13.2. The van der Waals surface area contributed by atoms with Gasteiger partial charge < -0.3 is 29.8 Å². The number of hydrogen-bond donors (Lipinski definition) is 1. The highest BCUT2D eigenvalue weighted by atomic mass is 16.3. The molecule has 1 aliphatic heterocycles. The molecule has 0 aliphatic carbocycles. The number of carbonyl (C=O) groups is 1. The van der Waals surface area contributed by atoms with E-state index in [0.717, 1.165) is 10.9 Å². The number of furan rings is 1. The summed E-state index contributed by atoms with van der Waals surface area (Å²) in [7, 11) is 3.91. The highest BCUT2D eigenvalue weighted by molar-refractivity contribution is 5.95. The van der Waals surface area contributed by atoms with Crippen LogP contribution in [-0.4, -0.2) is 67.1 Å². The van der Waals surface area contributed by atoms with E-state index in [1.54, 1.807) is 21.6 Å². The molecule has 0 atom stereocenters. The lowest BCUT2D eigenvalue weighted by Gasteiger charge is -2.36. The summed E-state index contributed by atoms with van der Waals surface area (Å²) in [6, 6.07) is 13.2. The fourth-order valence-corrected chi connectivity index (χ4v) is 4.03. The molecule has 1 amide bonds. The molecule has 1 fully saturated rings. The summed E-state index contributed by atoms with van der Waals surface area (Å²) in [6.07, 6.45) is 1.49. The average molecular weight is 437 g/mol. The van der Waals surface area contributed by atoms with Gasteiger partial charge >= 0.3 is 0 Å². The SMILES string of the molecule is CN(C)CCn1c(=O)c(C#N)c(N2CCN(C(=O)c3ccco3)CC2)c2ccccc21.N. The quantitative estimate of drug-likeness (QED) is 0.650. The molecule has 168 valence electrons. The van der Waals surface area contributed by atoms with Crippen LogP contribution in [0.3, 0.4) is 0 Å². The predicted molar refractivity (Wildman–Crippen MR) is 123 cm³/mol. The molecule has 32 heavy (non-hydrogen) atoms. The summed E-state index contributed by atoms with van der Waals surface area (Å²) >= 11 is 0. The van der Waals surface area contributed by atoms with Gasteiger partial charge in [0.1, 0.15) is 11.6 Å². The molecule has 1 aliphatic rings. The van der Waals surface area contributed by atoms with Gasteiger partial charge in [-0.3, -0.25) is 9.59 Å². The van der Waals surface area contributed by atoms with Gasteiger partial charge in [-0.1, -0.05) is 18.2 Å². The Labute approximate surface area is 186 Å². The van der Waals surface area contributed by atoms with E-state index in [2.05, 4.69) is 6.07 Å². The summed E-state index contributed by atoms with van der Waals surface area (Å²) in [5.74, 6) is 0.175. The van der Waals surface area contributed by atoms with Crippen LogP contribution in [0.25, 0.3) is 10.9 Å². The lowest BCUT2D eigenvalue weighted by molar-refractivity contribution is 0.0715. The third-order valence-electron chi connectivity index (χ3n) is 5.64. The van der Waals surface area contributed by atoms with E-state index in [-0.39, 0.29) is 23.2 Å². The number of rotatable bonds is 5. The molecule has 2 aromatic heterocycles. The van der Waals surface area contributed by atoms with Gasteiger partial charge in [-0.2, -0.15) is 5.26 Å². The molecule has 0 saturated carbocycles. The van der Waals surface area contributed by atoms with Gasteiger partial charge in [0.05, 0.1) is 17.5 Å². The largest absolute Gasteiger partial charge is 0.459 e. The van der Waals surface area contributed by atoms with Crippen LogP contribution in [0, 0.1) is 11.3 Å². The number of carbonyl (C=O) groups excluding carboxylic acids is 1. The zero-order valence-corrected chi connectivity index (χ0v) is 18.5. The number of aromatic nitrogens is 1. The van der Waals surface area contributed by atoms with Crippen molar-refractivity contribution < 1.29 is 9.21 Å². The first-order valence-corrected chi connectivity index (χ1v) is 10.3. The highest BCUT2D eigenvalue weighted by Gasteiger charge is 2.27. The van der Waals surface area contributed by atoms with Crippen LogP contribution in [0.5, 0.6) is 0 Å². The second kappa shape index (κ2) is 9.68. The highest BCUT2D eigenvalue weighted by Crippen LogP contribution is 2.29. The summed E-state index contributed by atoms with van der Waals surface area (Å²) in [6.45, 7) is 3.25. The summed E-state index contributed by atoms with van der Waals surface area (Å²) < 4.78 is 6.92. The van der Waals surface area contributed by atoms with Gasteiger partial charge in [-0.05, 0) is 32.3 Å². The first-order valence-electron chi connectivity index (χ1n) is 10.3. The van der Waals surface area contributed by atoms with Crippen LogP contribution in [0.1, 0.15) is 16.1 Å². The lowest BCUT2D eigenvalue weighted by atomic mass is 10.1. The number of nitriles is 1. The number of hydrogen-bond acceptors (Lipinski definition) is 7. The molecular weight excluding hydrogens is 408 g/mol. The van der Waals surface area contributed by atoms with Crippen LogP contribution in [0.15, 0.2) is 51.9 Å². The Balaban J connectivity index is 0.00000289. The number of fused-ring (bicyclic) bond motifs is 1. The van der Waals surface area contributed by atoms with E-state index >= 15 is 0 Å². The molecule has 3 heterocycles. The summed E-state index contributed by atoms with van der Waals surface area (Å²) in [5, 5.41) is 10.8. The Morgan fingerprint density at radius 3 is 2.47 bits per heavy atom. The zero-order valence-electron chi connectivity index (χ0n) is 18.5. The Bertz CT molecular complexity index is 1180. The molecule has 9 nitrogen and oxygen atoms in total. The Morgan fingerprint density at radius 2 is 1.84 bits per heavy atom. The molecule has 0 spiro atoms. The Hall–Kier alpha value is -3.61. The third-order valence-corrected chi connectivity index (χ3v) is 5.64. The Morgan fingerprint density at radius 1 is 1.12 bits per heavy atom. The smallest absolute Gasteiger partial charge is 0.289 e. The monoisotopic (exact) mass is 436 g/mol. The van der Waals surface area contributed by atoms with Crippen molar-refractivity contribution >= 4 is 22.5 Å². The van der Waals surface area contributed by atoms with Crippen molar-refractivity contribution in [2.45, 2.75) is 6.54 Å². The number of amides is 1. The molecule has 1 saturated heterocycles. The number of anilines is 1. The van der Waals surface area contributed by atoms with Crippen LogP contribution in [0.2, 0.25) is 0 Å². The van der Waals surface area contributed by atoms with Gasteiger partial charge in [0.2, 0.25) is 0 Å². The Kier molecular flexibility index (Phi) is 6.98. The van der Waals surface area contributed by atoms with Crippen molar-refractivity contribution in [1.82, 2.24) is 20.5 Å². The number of nitrogens with zero attached hydrogens (tertiary/aromatic N) is 5. The van der Waals surface area contributed by atoms with E-state index in [1.165, 1.54) is 6.26 Å². The molecular formula is C23H28N6O3. The fourth-order valence-electron chi connectivity index (χ4n) is 4.03. The van der Waals surface area contributed by atoms with Gasteiger partial charge in [0.15, 0.2) is 5.76 Å². The van der Waals surface area contributed by atoms with E-state index < -0.39 is 0 Å². The van der Waals surface area contributed by atoms with Crippen molar-refractivity contribution in [3.63, 3.8) is 0 Å². The number of likely N-dealkylation sites (N-methyl/N-ethyl adjacent to an activating group) is 1. The molecule has 3 aromatic rings. The predicted octanol–water partition coefficient (Wildman–Crippen LogP) is 2.15. The fraction of sp³-hybridized carbons (Fsp3) is 0.348. The molecule has 9 heteroatoms. The van der Waals surface area contributed by atoms with Crippen LogP contribution in [0.4, 0.5) is 5.69 Å². The van der Waals surface area contributed by atoms with Crippen molar-refractivity contribution in [3.8, 4) is 6.07 Å². The van der Waals surface area contributed by atoms with Gasteiger partial charge in [-0.25, -0.2) is 0 Å². The van der Waals surface area contributed by atoms with Crippen molar-refractivity contribution in [1.29, 1.82) is 5.26 Å². The number of piperazine rings is 1. The number of para-hydroxylation sites is 1. The van der Waals surface area contributed by atoms with E-state index in [4.69, 9.17) is 4.42 Å². The van der Waals surface area contributed by atoms with E-state index in [9.17, 15) is 14.9 Å². The lowest BCUT2D eigenvalue weighted by Crippen LogP contribution is -2.49. The first kappa shape index (κ1) is 23.1. The molecule has 0 bridgehead atoms. The first-order chi connectivity index (χ1) is 15.0. The summed E-state index contributed by atoms with van der Waals surface area (Å²) in [5.41, 5.74) is 1.36. The topological polar surface area (TPSA) is 121 Å². The normalized spacial score (nSPS) is 13.8. The average Bonchev–Trinajstić information content (AvgIpc) is 3.32. The van der Waals surface area contributed by atoms with Crippen molar-refractivity contribution in [3.05, 3.63) is 64.3 Å². The molecule has 1 aromatic carbocycles. The second-order valence-electron chi connectivity index (χ2n) is 7.87. The second-order valence-corrected chi connectivity index (χ2v) is 7.87. The molecule has 4 rings (SSSR count). The maximum Gasteiger partial charge on any atom is 0.289 e. The van der Waals surface area contributed by atoms with Crippen molar-refractivity contribution in [2.24, 2.45) is 0 Å².